The van der Waals surface area contributed by atoms with Crippen molar-refractivity contribution in [3.05, 3.63) is 48.2 Å². The second kappa shape index (κ2) is 4.42. The molecule has 5 nitrogen and oxygen atoms in total. The molecule has 0 aliphatic carbocycles. The maximum absolute atomic E-state index is 8.92. The van der Waals surface area contributed by atoms with Gasteiger partial charge in [0.25, 0.3) is 0 Å². The average molecular weight is 249 g/mol. The van der Waals surface area contributed by atoms with E-state index in [0.29, 0.717) is 5.56 Å². The van der Waals surface area contributed by atoms with Gasteiger partial charge in [0.15, 0.2) is 5.65 Å². The second-order valence-corrected chi connectivity index (χ2v) is 4.09. The molecule has 3 rings (SSSR count). The number of rotatable bonds is 2. The molecule has 0 aliphatic heterocycles. The first-order chi connectivity index (χ1) is 9.30. The molecule has 92 valence electrons. The smallest absolute Gasteiger partial charge is 0.154 e. The minimum absolute atomic E-state index is 0.624. The molecular weight excluding hydrogens is 238 g/mol. The van der Waals surface area contributed by atoms with E-state index in [2.05, 4.69) is 21.5 Å². The Morgan fingerprint density at radius 2 is 2.16 bits per heavy atom. The highest BCUT2D eigenvalue weighted by atomic mass is 15.3. The van der Waals surface area contributed by atoms with Crippen molar-refractivity contribution in [2.75, 3.05) is 12.4 Å². The number of hydrogen-bond acceptors (Lipinski definition) is 4. The number of nitrogens with one attached hydrogen (secondary N) is 1. The Morgan fingerprint density at radius 3 is 2.95 bits per heavy atom. The summed E-state index contributed by atoms with van der Waals surface area (Å²) in [5, 5.41) is 16.3. The Bertz CT molecular complexity index is 782. The molecule has 5 heteroatoms. The second-order valence-electron chi connectivity index (χ2n) is 4.09. The molecule has 0 radical (unpaired) electrons. The molecule has 2 heterocycles. The molecule has 1 N–H and O–H groups in total. The molecule has 0 unspecified atom stereocenters. The predicted octanol–water partition coefficient (Wildman–Crippen LogP) is 2.31. The van der Waals surface area contributed by atoms with Crippen molar-refractivity contribution in [3.63, 3.8) is 0 Å². The number of aromatic nitrogens is 3. The maximum atomic E-state index is 8.92. The standard InChI is InChI=1S/C14H11N5/c1-16-13-5-6-14-17-12(9-19(14)18-13)11-4-2-3-10(7-11)8-15/h2-7,9H,1H3,(H,16,18). The largest absolute Gasteiger partial charge is 0.372 e. The van der Waals surface area contributed by atoms with Crippen LogP contribution in [0.5, 0.6) is 0 Å². The summed E-state index contributed by atoms with van der Waals surface area (Å²) in [5.74, 6) is 0.780. The molecule has 2 aromatic heterocycles. The summed E-state index contributed by atoms with van der Waals surface area (Å²) in [5.41, 5.74) is 3.11. The minimum atomic E-state index is 0.624. The van der Waals surface area contributed by atoms with Gasteiger partial charge in [-0.1, -0.05) is 12.1 Å². The molecular formula is C14H11N5. The lowest BCUT2D eigenvalue weighted by atomic mass is 10.1. The Morgan fingerprint density at radius 1 is 1.26 bits per heavy atom. The van der Waals surface area contributed by atoms with Crippen molar-refractivity contribution >= 4 is 11.5 Å². The lowest BCUT2D eigenvalue weighted by Gasteiger charge is -1.97. The SMILES string of the molecule is CNc1ccc2nc(-c3cccc(C#N)c3)cn2n1. The van der Waals surface area contributed by atoms with Crippen LogP contribution in [0.25, 0.3) is 16.9 Å². The van der Waals surface area contributed by atoms with Gasteiger partial charge in [0.1, 0.15) is 5.82 Å². The van der Waals surface area contributed by atoms with Gasteiger partial charge in [-0.2, -0.15) is 5.26 Å². The maximum Gasteiger partial charge on any atom is 0.154 e. The fraction of sp³-hybridized carbons (Fsp3) is 0.0714. The van der Waals surface area contributed by atoms with Gasteiger partial charge in [-0.25, -0.2) is 9.50 Å². The lowest BCUT2D eigenvalue weighted by Crippen LogP contribution is -1.96. The zero-order chi connectivity index (χ0) is 13.2. The first-order valence-electron chi connectivity index (χ1n) is 5.85. The molecule has 19 heavy (non-hydrogen) atoms. The van der Waals surface area contributed by atoms with E-state index < -0.39 is 0 Å². The third-order valence-corrected chi connectivity index (χ3v) is 2.86. The normalized spacial score (nSPS) is 10.3. The van der Waals surface area contributed by atoms with E-state index in [9.17, 15) is 0 Å². The van der Waals surface area contributed by atoms with Gasteiger partial charge in [0, 0.05) is 12.6 Å². The first kappa shape index (κ1) is 11.2. The molecule has 0 atom stereocenters. The quantitative estimate of drug-likeness (QED) is 0.756. The van der Waals surface area contributed by atoms with Crippen molar-refractivity contribution < 1.29 is 0 Å². The number of nitrogens with zero attached hydrogens (tertiary/aromatic N) is 4. The van der Waals surface area contributed by atoms with E-state index in [0.717, 1.165) is 22.7 Å². The highest BCUT2D eigenvalue weighted by molar-refractivity contribution is 5.64. The van der Waals surface area contributed by atoms with E-state index in [4.69, 9.17) is 5.26 Å². The summed E-state index contributed by atoms with van der Waals surface area (Å²) in [4.78, 5) is 4.50. The van der Waals surface area contributed by atoms with Gasteiger partial charge in [-0.15, -0.1) is 5.10 Å². The van der Waals surface area contributed by atoms with Gasteiger partial charge in [-0.3, -0.25) is 0 Å². The molecule has 0 bridgehead atoms. The fourth-order valence-corrected chi connectivity index (χ4v) is 1.90. The van der Waals surface area contributed by atoms with Crippen LogP contribution in [-0.4, -0.2) is 21.6 Å². The summed E-state index contributed by atoms with van der Waals surface area (Å²) in [7, 11) is 1.82. The molecule has 0 fully saturated rings. The Kier molecular flexibility index (Phi) is 2.62. The van der Waals surface area contributed by atoms with Crippen LogP contribution in [0.1, 0.15) is 5.56 Å². The summed E-state index contributed by atoms with van der Waals surface area (Å²) in [6.07, 6.45) is 1.85. The molecule has 0 spiro atoms. The summed E-state index contributed by atoms with van der Waals surface area (Å²) >= 11 is 0. The minimum Gasteiger partial charge on any atom is -0.372 e. The van der Waals surface area contributed by atoms with Crippen molar-refractivity contribution in [3.8, 4) is 17.3 Å². The predicted molar refractivity (Wildman–Crippen MR) is 72.7 cm³/mol. The van der Waals surface area contributed by atoms with Crippen molar-refractivity contribution in [2.45, 2.75) is 0 Å². The highest BCUT2D eigenvalue weighted by Gasteiger charge is 2.06. The Hall–Kier alpha value is -2.87. The van der Waals surface area contributed by atoms with E-state index in [1.54, 1.807) is 10.6 Å². The van der Waals surface area contributed by atoms with Crippen LogP contribution in [0.3, 0.4) is 0 Å². The monoisotopic (exact) mass is 249 g/mol. The fourth-order valence-electron chi connectivity index (χ4n) is 1.90. The molecule has 3 aromatic rings. The van der Waals surface area contributed by atoms with Crippen LogP contribution in [-0.2, 0) is 0 Å². The summed E-state index contributed by atoms with van der Waals surface area (Å²) in [6, 6.07) is 13.3. The van der Waals surface area contributed by atoms with E-state index in [-0.39, 0.29) is 0 Å². The van der Waals surface area contributed by atoms with Crippen LogP contribution >= 0.6 is 0 Å². The molecule has 0 saturated carbocycles. The molecule has 0 aliphatic rings. The van der Waals surface area contributed by atoms with E-state index >= 15 is 0 Å². The van der Waals surface area contributed by atoms with Crippen LogP contribution in [0, 0.1) is 11.3 Å². The third kappa shape index (κ3) is 2.00. The lowest BCUT2D eigenvalue weighted by molar-refractivity contribution is 0.939. The van der Waals surface area contributed by atoms with Crippen molar-refractivity contribution in [1.29, 1.82) is 5.26 Å². The Labute approximate surface area is 110 Å². The van der Waals surface area contributed by atoms with Crippen LogP contribution in [0.2, 0.25) is 0 Å². The number of imidazole rings is 1. The number of fused-ring (bicyclic) bond motifs is 1. The average Bonchev–Trinajstić information content (AvgIpc) is 2.90. The van der Waals surface area contributed by atoms with Crippen molar-refractivity contribution in [2.24, 2.45) is 0 Å². The number of nitriles is 1. The molecule has 0 amide bonds. The topological polar surface area (TPSA) is 66.0 Å². The Balaban J connectivity index is 2.12. The van der Waals surface area contributed by atoms with E-state index in [1.165, 1.54) is 0 Å². The summed E-state index contributed by atoms with van der Waals surface area (Å²) < 4.78 is 1.72. The highest BCUT2D eigenvalue weighted by Crippen LogP contribution is 2.20. The molecule has 0 saturated heterocycles. The third-order valence-electron chi connectivity index (χ3n) is 2.86. The first-order valence-corrected chi connectivity index (χ1v) is 5.85. The number of hydrogen-bond donors (Lipinski definition) is 1. The summed E-state index contributed by atoms with van der Waals surface area (Å²) in [6.45, 7) is 0. The zero-order valence-electron chi connectivity index (χ0n) is 10.3. The van der Waals surface area contributed by atoms with Gasteiger partial charge in [-0.05, 0) is 24.3 Å². The van der Waals surface area contributed by atoms with Gasteiger partial charge in [0.2, 0.25) is 0 Å². The van der Waals surface area contributed by atoms with Gasteiger partial charge < -0.3 is 5.32 Å². The van der Waals surface area contributed by atoms with Crippen LogP contribution in [0.4, 0.5) is 5.82 Å². The van der Waals surface area contributed by atoms with Crippen molar-refractivity contribution in [1.82, 2.24) is 14.6 Å². The van der Waals surface area contributed by atoms with Crippen LogP contribution < -0.4 is 5.32 Å². The number of anilines is 1. The molecule has 1 aromatic carbocycles. The number of benzene rings is 1. The zero-order valence-corrected chi connectivity index (χ0v) is 10.3. The van der Waals surface area contributed by atoms with Gasteiger partial charge >= 0.3 is 0 Å². The van der Waals surface area contributed by atoms with Crippen LogP contribution in [0.15, 0.2) is 42.6 Å². The van der Waals surface area contributed by atoms with E-state index in [1.807, 2.05) is 43.6 Å². The van der Waals surface area contributed by atoms with Gasteiger partial charge in [0.05, 0.1) is 23.5 Å².